The van der Waals surface area contributed by atoms with Crippen LogP contribution in [0.4, 0.5) is 0 Å². The van der Waals surface area contributed by atoms with E-state index in [9.17, 15) is 5.11 Å². The van der Waals surface area contributed by atoms with E-state index >= 15 is 0 Å². The van der Waals surface area contributed by atoms with Gasteiger partial charge >= 0.3 is 0 Å². The quantitative estimate of drug-likeness (QED) is 0.867. The number of para-hydroxylation sites is 1. The molecule has 0 bridgehead atoms. The minimum Gasteiger partial charge on any atom is -0.385 e. The third-order valence-corrected chi connectivity index (χ3v) is 4.27. The van der Waals surface area contributed by atoms with Gasteiger partial charge in [-0.15, -0.1) is 0 Å². The summed E-state index contributed by atoms with van der Waals surface area (Å²) < 4.78 is 0. The zero-order valence-electron chi connectivity index (χ0n) is 11.3. The van der Waals surface area contributed by atoms with Gasteiger partial charge in [0.2, 0.25) is 0 Å². The molecule has 1 fully saturated rings. The molecule has 19 heavy (non-hydrogen) atoms. The van der Waals surface area contributed by atoms with E-state index in [1.807, 2.05) is 37.3 Å². The molecule has 3 heteroatoms. The first-order valence-electron chi connectivity index (χ1n) is 6.97. The third kappa shape index (κ3) is 2.24. The Morgan fingerprint density at radius 1 is 1.32 bits per heavy atom. The van der Waals surface area contributed by atoms with E-state index in [0.717, 1.165) is 42.4 Å². The Balaban J connectivity index is 2.07. The number of nitrogens with zero attached hydrogens (tertiary/aromatic N) is 1. The Hall–Kier alpha value is -1.45. The second-order valence-electron chi connectivity index (χ2n) is 5.57. The van der Waals surface area contributed by atoms with Crippen LogP contribution < -0.4 is 5.32 Å². The van der Waals surface area contributed by atoms with Crippen LogP contribution in [0.2, 0.25) is 0 Å². The summed E-state index contributed by atoms with van der Waals surface area (Å²) >= 11 is 0. The third-order valence-electron chi connectivity index (χ3n) is 4.27. The maximum Gasteiger partial charge on any atom is 0.0929 e. The van der Waals surface area contributed by atoms with Gasteiger partial charge < -0.3 is 10.4 Å². The highest BCUT2D eigenvalue weighted by Gasteiger charge is 2.35. The van der Waals surface area contributed by atoms with Crippen molar-refractivity contribution < 1.29 is 5.11 Å². The number of hydrogen-bond donors (Lipinski definition) is 2. The van der Waals surface area contributed by atoms with E-state index in [-0.39, 0.29) is 5.92 Å². The van der Waals surface area contributed by atoms with Crippen molar-refractivity contribution in [1.29, 1.82) is 0 Å². The van der Waals surface area contributed by atoms with Crippen molar-refractivity contribution in [1.82, 2.24) is 10.3 Å². The van der Waals surface area contributed by atoms with Crippen LogP contribution in [-0.2, 0) is 5.60 Å². The lowest BCUT2D eigenvalue weighted by atomic mass is 9.78. The molecule has 2 atom stereocenters. The molecule has 2 N–H and O–H groups in total. The molecule has 0 saturated carbocycles. The van der Waals surface area contributed by atoms with E-state index in [1.165, 1.54) is 0 Å². The monoisotopic (exact) mass is 256 g/mol. The van der Waals surface area contributed by atoms with Gasteiger partial charge in [-0.1, -0.05) is 24.3 Å². The first-order valence-corrected chi connectivity index (χ1v) is 6.97. The summed E-state index contributed by atoms with van der Waals surface area (Å²) in [6.07, 6.45) is 3.98. The molecular weight excluding hydrogens is 236 g/mol. The van der Waals surface area contributed by atoms with Gasteiger partial charge in [0.15, 0.2) is 0 Å². The van der Waals surface area contributed by atoms with Gasteiger partial charge in [-0.25, -0.2) is 0 Å². The number of piperidine rings is 1. The van der Waals surface area contributed by atoms with Gasteiger partial charge in [-0.3, -0.25) is 4.98 Å². The number of hydrogen-bond acceptors (Lipinski definition) is 3. The first-order chi connectivity index (χ1) is 9.19. The van der Waals surface area contributed by atoms with Crippen molar-refractivity contribution in [2.75, 3.05) is 13.1 Å². The highest BCUT2D eigenvalue weighted by atomic mass is 16.3. The van der Waals surface area contributed by atoms with Gasteiger partial charge in [0.1, 0.15) is 0 Å². The predicted molar refractivity (Wildman–Crippen MR) is 76.9 cm³/mol. The highest BCUT2D eigenvalue weighted by molar-refractivity contribution is 5.82. The van der Waals surface area contributed by atoms with E-state index < -0.39 is 5.60 Å². The minimum absolute atomic E-state index is 0.244. The molecule has 3 nitrogen and oxygen atoms in total. The number of aromatic nitrogens is 1. The second-order valence-corrected chi connectivity index (χ2v) is 5.57. The largest absolute Gasteiger partial charge is 0.385 e. The molecule has 2 heterocycles. The van der Waals surface area contributed by atoms with Crippen molar-refractivity contribution in [2.45, 2.75) is 25.4 Å². The smallest absolute Gasteiger partial charge is 0.0929 e. The van der Waals surface area contributed by atoms with Gasteiger partial charge in [-0.05, 0) is 32.4 Å². The number of nitrogens with one attached hydrogen (secondary N) is 1. The zero-order valence-corrected chi connectivity index (χ0v) is 11.3. The molecule has 1 aliphatic rings. The number of rotatable bonds is 2. The number of pyridine rings is 1. The summed E-state index contributed by atoms with van der Waals surface area (Å²) in [6, 6.07) is 10.0. The Morgan fingerprint density at radius 2 is 2.16 bits per heavy atom. The average Bonchev–Trinajstić information content (AvgIpc) is 2.47. The maximum atomic E-state index is 11.0. The first kappa shape index (κ1) is 12.6. The van der Waals surface area contributed by atoms with Crippen LogP contribution in [0.1, 0.15) is 25.3 Å². The summed E-state index contributed by atoms with van der Waals surface area (Å²) in [5, 5.41) is 15.5. The second kappa shape index (κ2) is 4.91. The Labute approximate surface area is 113 Å². The van der Waals surface area contributed by atoms with Crippen molar-refractivity contribution in [3.8, 4) is 0 Å². The molecule has 2 aromatic rings. The summed E-state index contributed by atoms with van der Waals surface area (Å²) in [4.78, 5) is 4.46. The molecule has 1 aromatic heterocycles. The molecule has 1 aromatic carbocycles. The Morgan fingerprint density at radius 3 is 2.95 bits per heavy atom. The minimum atomic E-state index is -0.832. The van der Waals surface area contributed by atoms with Gasteiger partial charge in [0.05, 0.1) is 11.1 Å². The lowest BCUT2D eigenvalue weighted by Crippen LogP contribution is -2.42. The van der Waals surface area contributed by atoms with Crippen molar-refractivity contribution >= 4 is 10.9 Å². The van der Waals surface area contributed by atoms with Crippen LogP contribution in [0.5, 0.6) is 0 Å². The van der Waals surface area contributed by atoms with Crippen LogP contribution in [0, 0.1) is 5.92 Å². The normalized spacial score (nSPS) is 23.2. The van der Waals surface area contributed by atoms with Gasteiger partial charge in [-0.2, -0.15) is 0 Å². The van der Waals surface area contributed by atoms with Gasteiger partial charge in [0.25, 0.3) is 0 Å². The van der Waals surface area contributed by atoms with E-state index in [0.29, 0.717) is 0 Å². The Bertz CT molecular complexity index is 568. The van der Waals surface area contributed by atoms with Crippen LogP contribution in [0.25, 0.3) is 10.9 Å². The fourth-order valence-corrected chi connectivity index (χ4v) is 3.06. The number of benzene rings is 1. The molecule has 1 aliphatic heterocycles. The summed E-state index contributed by atoms with van der Waals surface area (Å²) in [7, 11) is 0. The van der Waals surface area contributed by atoms with Crippen molar-refractivity contribution in [3.05, 3.63) is 42.1 Å². The predicted octanol–water partition coefficient (Wildman–Crippen LogP) is 2.44. The molecule has 0 radical (unpaired) electrons. The zero-order chi connectivity index (χ0) is 13.3. The standard InChI is InChI=1S/C16H20N2O/c1-16(19,13-7-4-9-17-11-13)14-8-2-5-12-6-3-10-18-15(12)14/h2-3,5-6,8,10,13,17,19H,4,7,9,11H2,1H3. The molecule has 0 amide bonds. The van der Waals surface area contributed by atoms with E-state index in [4.69, 9.17) is 0 Å². The summed E-state index contributed by atoms with van der Waals surface area (Å²) in [5.41, 5.74) is 1.03. The van der Waals surface area contributed by atoms with Gasteiger partial charge in [0, 0.05) is 29.6 Å². The number of aliphatic hydroxyl groups is 1. The highest BCUT2D eigenvalue weighted by Crippen LogP contribution is 2.36. The fourth-order valence-electron chi connectivity index (χ4n) is 3.06. The summed E-state index contributed by atoms with van der Waals surface area (Å²) in [6.45, 7) is 3.85. The van der Waals surface area contributed by atoms with Crippen molar-refractivity contribution in [3.63, 3.8) is 0 Å². The molecule has 0 spiro atoms. The lowest BCUT2D eigenvalue weighted by Gasteiger charge is -2.36. The average molecular weight is 256 g/mol. The maximum absolute atomic E-state index is 11.0. The van der Waals surface area contributed by atoms with E-state index in [1.54, 1.807) is 6.20 Å². The van der Waals surface area contributed by atoms with Crippen LogP contribution in [0.3, 0.4) is 0 Å². The van der Waals surface area contributed by atoms with Crippen LogP contribution in [-0.4, -0.2) is 23.2 Å². The topological polar surface area (TPSA) is 45.2 Å². The fraction of sp³-hybridized carbons (Fsp3) is 0.438. The Kier molecular flexibility index (Phi) is 3.25. The molecule has 3 rings (SSSR count). The number of fused-ring (bicyclic) bond motifs is 1. The molecule has 2 unspecified atom stereocenters. The summed E-state index contributed by atoms with van der Waals surface area (Å²) in [5.74, 6) is 0.244. The molecule has 0 aliphatic carbocycles. The van der Waals surface area contributed by atoms with Crippen LogP contribution >= 0.6 is 0 Å². The van der Waals surface area contributed by atoms with Crippen molar-refractivity contribution in [2.24, 2.45) is 5.92 Å². The van der Waals surface area contributed by atoms with Crippen LogP contribution in [0.15, 0.2) is 36.5 Å². The SMILES string of the molecule is CC(O)(c1cccc2cccnc12)C1CCCNC1. The lowest BCUT2D eigenvalue weighted by molar-refractivity contribution is -0.0144. The van der Waals surface area contributed by atoms with E-state index in [2.05, 4.69) is 10.3 Å². The molecular formula is C16H20N2O. The molecule has 100 valence electrons. The molecule has 1 saturated heterocycles.